The molecular formula is C22H28N4O. The first-order chi connectivity index (χ1) is 13.3. The molecule has 27 heavy (non-hydrogen) atoms. The Balaban J connectivity index is 1.35. The zero-order valence-electron chi connectivity index (χ0n) is 15.8. The molecule has 2 saturated heterocycles. The molecule has 1 aromatic carbocycles. The van der Waals surface area contributed by atoms with Gasteiger partial charge in [-0.2, -0.15) is 0 Å². The Bertz CT molecular complexity index is 739. The van der Waals surface area contributed by atoms with Gasteiger partial charge in [-0.15, -0.1) is 0 Å². The summed E-state index contributed by atoms with van der Waals surface area (Å²) >= 11 is 0. The van der Waals surface area contributed by atoms with Crippen LogP contribution < -0.4 is 10.2 Å². The molecule has 0 radical (unpaired) electrons. The molecule has 2 fully saturated rings. The number of hydrogen-bond donors (Lipinski definition) is 1. The van der Waals surface area contributed by atoms with Gasteiger partial charge in [0.05, 0.1) is 5.56 Å². The second-order valence-corrected chi connectivity index (χ2v) is 7.55. The van der Waals surface area contributed by atoms with Crippen molar-refractivity contribution >= 4 is 17.4 Å². The number of benzene rings is 1. The van der Waals surface area contributed by atoms with Crippen molar-refractivity contribution < 1.29 is 4.79 Å². The molecule has 5 heteroatoms. The monoisotopic (exact) mass is 364 g/mol. The highest BCUT2D eigenvalue weighted by Crippen LogP contribution is 2.20. The van der Waals surface area contributed by atoms with E-state index in [0.717, 1.165) is 44.1 Å². The summed E-state index contributed by atoms with van der Waals surface area (Å²) in [5, 5.41) is 3.52. The Morgan fingerprint density at radius 3 is 2.44 bits per heavy atom. The summed E-state index contributed by atoms with van der Waals surface area (Å²) in [6, 6.07) is 14.4. The number of carbonyl (C=O) groups is 1. The van der Waals surface area contributed by atoms with Crippen LogP contribution in [0.3, 0.4) is 0 Å². The van der Waals surface area contributed by atoms with Crippen molar-refractivity contribution in [3.8, 4) is 0 Å². The molecule has 1 amide bonds. The van der Waals surface area contributed by atoms with Crippen LogP contribution in [0.1, 0.15) is 42.5 Å². The topological polar surface area (TPSA) is 48.5 Å². The number of amides is 1. The van der Waals surface area contributed by atoms with Crippen LogP contribution in [0.4, 0.5) is 11.5 Å². The van der Waals surface area contributed by atoms with E-state index < -0.39 is 0 Å². The summed E-state index contributed by atoms with van der Waals surface area (Å²) < 4.78 is 0. The van der Waals surface area contributed by atoms with Gasteiger partial charge in [0.25, 0.3) is 5.91 Å². The molecule has 0 bridgehead atoms. The van der Waals surface area contributed by atoms with E-state index in [1.807, 2.05) is 35.2 Å². The SMILES string of the molecule is O=C(c1ccc(N2CCCCCC2)nc1)N1CCC(Nc2ccccc2)C1. The number of carbonyl (C=O) groups excluding carboxylic acids is 1. The van der Waals surface area contributed by atoms with Crippen LogP contribution in [0.25, 0.3) is 0 Å². The molecule has 142 valence electrons. The van der Waals surface area contributed by atoms with Crippen LogP contribution in [0.15, 0.2) is 48.7 Å². The summed E-state index contributed by atoms with van der Waals surface area (Å²) in [7, 11) is 0. The highest BCUT2D eigenvalue weighted by Gasteiger charge is 2.27. The van der Waals surface area contributed by atoms with Crippen molar-refractivity contribution in [2.75, 3.05) is 36.4 Å². The van der Waals surface area contributed by atoms with E-state index in [1.165, 1.54) is 25.7 Å². The summed E-state index contributed by atoms with van der Waals surface area (Å²) in [6.45, 7) is 3.66. The number of nitrogens with one attached hydrogen (secondary N) is 1. The number of likely N-dealkylation sites (tertiary alicyclic amines) is 1. The predicted molar refractivity (Wildman–Crippen MR) is 109 cm³/mol. The van der Waals surface area contributed by atoms with Crippen LogP contribution in [0, 0.1) is 0 Å². The third-order valence-corrected chi connectivity index (χ3v) is 5.54. The maximum absolute atomic E-state index is 12.8. The average molecular weight is 364 g/mol. The van der Waals surface area contributed by atoms with Gasteiger partial charge in [-0.1, -0.05) is 31.0 Å². The van der Waals surface area contributed by atoms with E-state index >= 15 is 0 Å². The van der Waals surface area contributed by atoms with Crippen LogP contribution in [-0.2, 0) is 0 Å². The zero-order chi connectivity index (χ0) is 18.5. The number of rotatable bonds is 4. The lowest BCUT2D eigenvalue weighted by Gasteiger charge is -2.22. The smallest absolute Gasteiger partial charge is 0.255 e. The second-order valence-electron chi connectivity index (χ2n) is 7.55. The number of pyridine rings is 1. The molecule has 2 aromatic rings. The first-order valence-corrected chi connectivity index (χ1v) is 10.1. The maximum atomic E-state index is 12.8. The Hall–Kier alpha value is -2.56. The fourth-order valence-corrected chi connectivity index (χ4v) is 4.01. The molecule has 2 aliphatic heterocycles. The molecule has 0 aliphatic carbocycles. The van der Waals surface area contributed by atoms with Crippen LogP contribution in [-0.4, -0.2) is 48.0 Å². The number of nitrogens with zero attached hydrogens (tertiary/aromatic N) is 3. The minimum absolute atomic E-state index is 0.0854. The first-order valence-electron chi connectivity index (χ1n) is 10.1. The van der Waals surface area contributed by atoms with E-state index in [2.05, 4.69) is 27.3 Å². The lowest BCUT2D eigenvalue weighted by atomic mass is 10.2. The largest absolute Gasteiger partial charge is 0.380 e. The average Bonchev–Trinajstić information content (AvgIpc) is 3.00. The summed E-state index contributed by atoms with van der Waals surface area (Å²) in [5.41, 5.74) is 1.80. The number of hydrogen-bond acceptors (Lipinski definition) is 4. The fourth-order valence-electron chi connectivity index (χ4n) is 4.01. The van der Waals surface area contributed by atoms with E-state index in [0.29, 0.717) is 11.6 Å². The highest BCUT2D eigenvalue weighted by molar-refractivity contribution is 5.94. The minimum Gasteiger partial charge on any atom is -0.380 e. The number of aromatic nitrogens is 1. The van der Waals surface area contributed by atoms with E-state index in [-0.39, 0.29) is 5.91 Å². The van der Waals surface area contributed by atoms with E-state index in [4.69, 9.17) is 0 Å². The predicted octanol–water partition coefficient (Wildman–Crippen LogP) is 3.79. The molecule has 1 unspecified atom stereocenters. The molecule has 5 nitrogen and oxygen atoms in total. The van der Waals surface area contributed by atoms with Gasteiger partial charge in [-0.25, -0.2) is 4.98 Å². The second kappa shape index (κ2) is 8.42. The maximum Gasteiger partial charge on any atom is 0.255 e. The summed E-state index contributed by atoms with van der Waals surface area (Å²) in [4.78, 5) is 21.7. The zero-order valence-corrected chi connectivity index (χ0v) is 15.8. The van der Waals surface area contributed by atoms with Crippen LogP contribution in [0.5, 0.6) is 0 Å². The van der Waals surface area contributed by atoms with Gasteiger partial charge in [0.15, 0.2) is 0 Å². The van der Waals surface area contributed by atoms with Crippen molar-refractivity contribution in [2.45, 2.75) is 38.1 Å². The van der Waals surface area contributed by atoms with Gasteiger partial charge < -0.3 is 15.1 Å². The van der Waals surface area contributed by atoms with Crippen LogP contribution >= 0.6 is 0 Å². The van der Waals surface area contributed by atoms with Crippen molar-refractivity contribution in [3.05, 3.63) is 54.2 Å². The third kappa shape index (κ3) is 4.41. The number of anilines is 2. The normalized spacial score (nSPS) is 20.4. The summed E-state index contributed by atoms with van der Waals surface area (Å²) in [5.74, 6) is 1.08. The van der Waals surface area contributed by atoms with Gasteiger partial charge in [0, 0.05) is 44.1 Å². The lowest BCUT2D eigenvalue weighted by molar-refractivity contribution is 0.0791. The summed E-state index contributed by atoms with van der Waals surface area (Å²) in [6.07, 6.45) is 7.79. The van der Waals surface area contributed by atoms with Gasteiger partial charge >= 0.3 is 0 Å². The minimum atomic E-state index is 0.0854. The molecule has 1 N–H and O–H groups in total. The Kier molecular flexibility index (Phi) is 5.56. The fraction of sp³-hybridized carbons (Fsp3) is 0.455. The van der Waals surface area contributed by atoms with Gasteiger partial charge in [0.1, 0.15) is 5.82 Å². The van der Waals surface area contributed by atoms with Crippen molar-refractivity contribution in [1.29, 1.82) is 0 Å². The lowest BCUT2D eigenvalue weighted by Crippen LogP contribution is -2.31. The van der Waals surface area contributed by atoms with Crippen LogP contribution in [0.2, 0.25) is 0 Å². The first kappa shape index (κ1) is 17.8. The van der Waals surface area contributed by atoms with E-state index in [1.54, 1.807) is 6.20 Å². The van der Waals surface area contributed by atoms with Gasteiger partial charge in [-0.3, -0.25) is 4.79 Å². The Morgan fingerprint density at radius 1 is 0.963 bits per heavy atom. The Morgan fingerprint density at radius 2 is 1.74 bits per heavy atom. The van der Waals surface area contributed by atoms with Gasteiger partial charge in [0.2, 0.25) is 0 Å². The quantitative estimate of drug-likeness (QED) is 0.897. The van der Waals surface area contributed by atoms with E-state index in [9.17, 15) is 4.79 Å². The molecular weight excluding hydrogens is 336 g/mol. The van der Waals surface area contributed by atoms with Crippen molar-refractivity contribution in [1.82, 2.24) is 9.88 Å². The standard InChI is InChI=1S/C22H28N4O/c27-22(26-15-12-20(17-26)24-19-8-4-3-5-9-19)18-10-11-21(23-16-18)25-13-6-1-2-7-14-25/h3-5,8-11,16,20,24H,1-2,6-7,12-15,17H2. The highest BCUT2D eigenvalue weighted by atomic mass is 16.2. The molecule has 3 heterocycles. The van der Waals surface area contributed by atoms with Gasteiger partial charge in [-0.05, 0) is 43.5 Å². The molecule has 1 aromatic heterocycles. The van der Waals surface area contributed by atoms with Crippen molar-refractivity contribution in [2.24, 2.45) is 0 Å². The van der Waals surface area contributed by atoms with Crippen molar-refractivity contribution in [3.63, 3.8) is 0 Å². The number of para-hydroxylation sites is 1. The molecule has 2 aliphatic rings. The molecule has 0 spiro atoms. The molecule has 0 saturated carbocycles. The third-order valence-electron chi connectivity index (χ3n) is 5.54. The Labute approximate surface area is 161 Å². The molecule has 1 atom stereocenters. The molecule has 4 rings (SSSR count).